The molecule has 0 saturated carbocycles. The number of aromatic nitrogens is 1. The van der Waals surface area contributed by atoms with Crippen molar-refractivity contribution in [3.8, 4) is 23.0 Å². The second-order valence-corrected chi connectivity index (χ2v) is 7.97. The third-order valence-electron chi connectivity index (χ3n) is 5.53. The summed E-state index contributed by atoms with van der Waals surface area (Å²) in [5.41, 5.74) is 8.20. The smallest absolute Gasteiger partial charge is 0.142 e. The number of nitrogens with zero attached hydrogens (tertiary/aromatic N) is 3. The fourth-order valence-corrected chi connectivity index (χ4v) is 3.89. The Morgan fingerprint density at radius 3 is 2.48 bits per heavy atom. The van der Waals surface area contributed by atoms with Crippen molar-refractivity contribution in [3.63, 3.8) is 0 Å². The van der Waals surface area contributed by atoms with Gasteiger partial charge in [0.15, 0.2) is 0 Å². The van der Waals surface area contributed by atoms with Gasteiger partial charge in [-0.2, -0.15) is 5.26 Å². The van der Waals surface area contributed by atoms with Gasteiger partial charge in [-0.05, 0) is 92.1 Å². The van der Waals surface area contributed by atoms with Crippen molar-refractivity contribution in [3.05, 3.63) is 113 Å². The molecule has 1 heterocycles. The Hall–Kier alpha value is -4.17. The fourth-order valence-electron chi connectivity index (χ4n) is 3.89. The zero-order valence-electron chi connectivity index (χ0n) is 18.8. The van der Waals surface area contributed by atoms with Gasteiger partial charge in [0.05, 0.1) is 23.0 Å². The molecule has 0 atom stereocenters. The lowest BCUT2D eigenvalue weighted by atomic mass is 10.1. The molecular weight excluding hydrogens is 413 g/mol. The molecule has 1 aromatic heterocycles. The molecule has 0 unspecified atom stereocenters. The van der Waals surface area contributed by atoms with Crippen LogP contribution in [0.15, 0.2) is 84.0 Å². The predicted molar refractivity (Wildman–Crippen MR) is 129 cm³/mol. The molecule has 0 fully saturated rings. The van der Waals surface area contributed by atoms with Crippen LogP contribution in [0.4, 0.5) is 4.39 Å². The van der Waals surface area contributed by atoms with E-state index in [-0.39, 0.29) is 12.4 Å². The second-order valence-electron chi connectivity index (χ2n) is 7.97. The lowest BCUT2D eigenvalue weighted by molar-refractivity contribution is 0.130. The molecule has 0 bridgehead atoms. The first-order valence-electron chi connectivity index (χ1n) is 10.7. The van der Waals surface area contributed by atoms with Crippen molar-refractivity contribution in [1.29, 1.82) is 5.26 Å². The third-order valence-corrected chi connectivity index (χ3v) is 5.53. The largest absolute Gasteiger partial charge is 0.391 e. The van der Waals surface area contributed by atoms with Crippen LogP contribution in [0.25, 0.3) is 16.9 Å². The molecule has 0 aliphatic heterocycles. The van der Waals surface area contributed by atoms with E-state index in [1.807, 2.05) is 32.0 Å². The monoisotopic (exact) mass is 437 g/mol. The summed E-state index contributed by atoms with van der Waals surface area (Å²) in [5, 5.41) is 13.4. The maximum Gasteiger partial charge on any atom is 0.142 e. The molecular formula is C28H24FN3O. The van der Waals surface area contributed by atoms with Crippen LogP contribution in [0, 0.1) is 31.0 Å². The predicted octanol–water partition coefficient (Wildman–Crippen LogP) is 6.71. The third kappa shape index (κ3) is 4.86. The topological polar surface area (TPSA) is 50.3 Å². The van der Waals surface area contributed by atoms with Crippen LogP contribution in [0.1, 0.15) is 34.9 Å². The van der Waals surface area contributed by atoms with Crippen molar-refractivity contribution < 1.29 is 9.23 Å². The zero-order valence-corrected chi connectivity index (χ0v) is 18.8. The molecule has 4 aromatic rings. The normalized spacial score (nSPS) is 11.3. The van der Waals surface area contributed by atoms with Gasteiger partial charge < -0.3 is 9.40 Å². The summed E-state index contributed by atoms with van der Waals surface area (Å²) in [6.45, 7) is 6.28. The number of hydrogen-bond acceptors (Lipinski definition) is 3. The Bertz CT molecular complexity index is 1360. The number of aryl methyl sites for hydroxylation is 1. The Labute approximate surface area is 193 Å². The molecule has 0 aliphatic rings. The molecule has 0 aliphatic carbocycles. The van der Waals surface area contributed by atoms with Crippen LogP contribution in [0.5, 0.6) is 0 Å². The molecule has 0 saturated heterocycles. The van der Waals surface area contributed by atoms with Gasteiger partial charge in [0.2, 0.25) is 0 Å². The van der Waals surface area contributed by atoms with Gasteiger partial charge in [0, 0.05) is 16.9 Å². The van der Waals surface area contributed by atoms with Crippen molar-refractivity contribution in [2.24, 2.45) is 5.16 Å². The molecule has 4 rings (SSSR count). The average Bonchev–Trinajstić information content (AvgIpc) is 3.16. The Morgan fingerprint density at radius 1 is 1.00 bits per heavy atom. The van der Waals surface area contributed by atoms with Gasteiger partial charge in [-0.3, -0.25) is 0 Å². The lowest BCUT2D eigenvalue weighted by Gasteiger charge is -2.13. The quantitative estimate of drug-likeness (QED) is 0.249. The first-order chi connectivity index (χ1) is 16.0. The van der Waals surface area contributed by atoms with Gasteiger partial charge in [-0.15, -0.1) is 0 Å². The number of benzene rings is 3. The van der Waals surface area contributed by atoms with Gasteiger partial charge in [0.1, 0.15) is 12.4 Å². The van der Waals surface area contributed by atoms with Crippen molar-refractivity contribution in [2.45, 2.75) is 27.4 Å². The van der Waals surface area contributed by atoms with Crippen molar-refractivity contribution in [1.82, 2.24) is 4.57 Å². The maximum atomic E-state index is 13.6. The molecule has 0 radical (unpaired) electrons. The molecule has 33 heavy (non-hydrogen) atoms. The number of nitriles is 1. The highest BCUT2D eigenvalue weighted by molar-refractivity contribution is 6.01. The summed E-state index contributed by atoms with van der Waals surface area (Å²) in [6.07, 6.45) is 0. The van der Waals surface area contributed by atoms with E-state index in [2.05, 4.69) is 47.0 Å². The van der Waals surface area contributed by atoms with E-state index in [0.717, 1.165) is 45.0 Å². The average molecular weight is 438 g/mol. The SMILES string of the molecule is C/C(=N/OCc1cccc(C#N)c1)c1cc(-c2ccc(F)cc2)n(-c2cccc(C)c2)c1C. The van der Waals surface area contributed by atoms with E-state index in [1.165, 1.54) is 12.1 Å². The highest BCUT2D eigenvalue weighted by Crippen LogP contribution is 2.30. The summed E-state index contributed by atoms with van der Waals surface area (Å²) in [5.74, 6) is -0.268. The highest BCUT2D eigenvalue weighted by Gasteiger charge is 2.17. The van der Waals surface area contributed by atoms with E-state index in [9.17, 15) is 4.39 Å². The number of halogens is 1. The molecule has 0 spiro atoms. The van der Waals surface area contributed by atoms with E-state index in [0.29, 0.717) is 5.56 Å². The molecule has 0 N–H and O–H groups in total. The van der Waals surface area contributed by atoms with Crippen molar-refractivity contribution >= 4 is 5.71 Å². The lowest BCUT2D eigenvalue weighted by Crippen LogP contribution is -2.03. The fraction of sp³-hybridized carbons (Fsp3) is 0.143. The second kappa shape index (κ2) is 9.54. The Kier molecular flexibility index (Phi) is 6.37. The molecule has 5 heteroatoms. The summed E-state index contributed by atoms with van der Waals surface area (Å²) in [4.78, 5) is 5.61. The number of hydrogen-bond donors (Lipinski definition) is 0. The Balaban J connectivity index is 1.70. The summed E-state index contributed by atoms with van der Waals surface area (Å²) in [7, 11) is 0. The first kappa shape index (κ1) is 22.0. The van der Waals surface area contributed by atoms with Crippen LogP contribution < -0.4 is 0 Å². The molecule has 3 aromatic carbocycles. The van der Waals surface area contributed by atoms with E-state index in [1.54, 1.807) is 24.3 Å². The van der Waals surface area contributed by atoms with Gasteiger partial charge in [0.25, 0.3) is 0 Å². The molecule has 4 nitrogen and oxygen atoms in total. The van der Waals surface area contributed by atoms with Gasteiger partial charge in [-0.25, -0.2) is 4.39 Å². The zero-order chi connectivity index (χ0) is 23.4. The Morgan fingerprint density at radius 2 is 1.76 bits per heavy atom. The molecule has 164 valence electrons. The van der Waals surface area contributed by atoms with Crippen LogP contribution in [-0.2, 0) is 11.4 Å². The highest BCUT2D eigenvalue weighted by atomic mass is 19.1. The number of rotatable bonds is 6. The van der Waals surface area contributed by atoms with Gasteiger partial charge in [-0.1, -0.05) is 29.4 Å². The van der Waals surface area contributed by atoms with Crippen LogP contribution in [0.2, 0.25) is 0 Å². The summed E-state index contributed by atoms with van der Waals surface area (Å²) >= 11 is 0. The standard InChI is InChI=1S/C28H24FN3O/c1-19-6-4-9-26(14-19)32-21(3)27(16-28(32)24-10-12-25(29)13-11-24)20(2)31-33-18-23-8-5-7-22(15-23)17-30/h4-16H,18H2,1-3H3/b31-20-. The van der Waals surface area contributed by atoms with Gasteiger partial charge >= 0.3 is 0 Å². The van der Waals surface area contributed by atoms with Crippen LogP contribution in [-0.4, -0.2) is 10.3 Å². The summed E-state index contributed by atoms with van der Waals surface area (Å²) < 4.78 is 15.7. The minimum absolute atomic E-state index is 0.268. The minimum Gasteiger partial charge on any atom is -0.391 e. The van der Waals surface area contributed by atoms with E-state index >= 15 is 0 Å². The van der Waals surface area contributed by atoms with Crippen molar-refractivity contribution in [2.75, 3.05) is 0 Å². The van der Waals surface area contributed by atoms with Crippen LogP contribution in [0.3, 0.4) is 0 Å². The number of oxime groups is 1. The maximum absolute atomic E-state index is 13.6. The summed E-state index contributed by atoms with van der Waals surface area (Å²) in [6, 6.07) is 26.2. The van der Waals surface area contributed by atoms with E-state index < -0.39 is 0 Å². The van der Waals surface area contributed by atoms with E-state index in [4.69, 9.17) is 10.1 Å². The van der Waals surface area contributed by atoms with Crippen LogP contribution >= 0.6 is 0 Å². The molecule has 0 amide bonds. The minimum atomic E-state index is -0.268. The first-order valence-corrected chi connectivity index (χ1v) is 10.7.